The molecule has 79 heavy (non-hydrogen) atoms. The van der Waals surface area contributed by atoms with Gasteiger partial charge in [-0.25, -0.2) is 0 Å². The smallest absolute Gasteiger partial charge is 0.306 e. The molecule has 0 aliphatic rings. The number of esters is 3. The standard InChI is InChI=1S/C73H138O6/c1-4-7-10-13-16-19-22-25-27-29-30-31-32-33-34-35-36-37-38-39-40-41-42-43-44-45-47-48-51-54-57-60-63-66-72(75)78-69-70(68-77-71(74)65-62-59-56-53-50-24-21-18-15-12-9-6-3)79-73(76)67-64-61-58-55-52-49-46-28-26-23-20-17-14-11-8-5-2/h28-30,46,70H,4-27,31-45,47-69H2,1-3H3/b30-29-,46-28-. The first-order valence-corrected chi connectivity index (χ1v) is 35.8. The van der Waals surface area contributed by atoms with Crippen molar-refractivity contribution in [3.05, 3.63) is 24.3 Å². The Morgan fingerprint density at radius 2 is 0.418 bits per heavy atom. The number of ether oxygens (including phenoxy) is 3. The van der Waals surface area contributed by atoms with Gasteiger partial charge < -0.3 is 14.2 Å². The Labute approximate surface area is 493 Å². The van der Waals surface area contributed by atoms with Crippen molar-refractivity contribution >= 4 is 17.9 Å². The summed E-state index contributed by atoms with van der Waals surface area (Å²) in [6, 6.07) is 0. The molecule has 0 N–H and O–H groups in total. The second-order valence-electron chi connectivity index (χ2n) is 24.5. The summed E-state index contributed by atoms with van der Waals surface area (Å²) in [6.45, 7) is 6.70. The molecule has 0 rings (SSSR count). The average molecular weight is 1110 g/mol. The van der Waals surface area contributed by atoms with E-state index >= 15 is 0 Å². The molecule has 0 aromatic heterocycles. The van der Waals surface area contributed by atoms with Crippen LogP contribution in [0.1, 0.15) is 406 Å². The molecule has 0 saturated carbocycles. The second-order valence-corrected chi connectivity index (χ2v) is 24.5. The van der Waals surface area contributed by atoms with Gasteiger partial charge >= 0.3 is 17.9 Å². The van der Waals surface area contributed by atoms with Gasteiger partial charge in [0.05, 0.1) is 0 Å². The number of carbonyl (C=O) groups excluding carboxylic acids is 3. The predicted molar refractivity (Wildman–Crippen MR) is 344 cm³/mol. The fourth-order valence-electron chi connectivity index (χ4n) is 11.0. The summed E-state index contributed by atoms with van der Waals surface area (Å²) in [5.41, 5.74) is 0. The molecule has 0 heterocycles. The molecule has 0 radical (unpaired) electrons. The number of hydrogen-bond donors (Lipinski definition) is 0. The van der Waals surface area contributed by atoms with Crippen LogP contribution in [0.5, 0.6) is 0 Å². The molecule has 1 atom stereocenters. The van der Waals surface area contributed by atoms with Crippen LogP contribution in [0.4, 0.5) is 0 Å². The van der Waals surface area contributed by atoms with Crippen LogP contribution in [0.25, 0.3) is 0 Å². The summed E-state index contributed by atoms with van der Waals surface area (Å²) in [5, 5.41) is 0. The predicted octanol–water partition coefficient (Wildman–Crippen LogP) is 24.6. The van der Waals surface area contributed by atoms with E-state index in [2.05, 4.69) is 45.1 Å². The summed E-state index contributed by atoms with van der Waals surface area (Å²) in [5.74, 6) is -0.847. The van der Waals surface area contributed by atoms with E-state index < -0.39 is 6.10 Å². The molecule has 6 nitrogen and oxygen atoms in total. The van der Waals surface area contributed by atoms with Crippen LogP contribution in [-0.4, -0.2) is 37.2 Å². The van der Waals surface area contributed by atoms with Crippen molar-refractivity contribution in [3.63, 3.8) is 0 Å². The summed E-state index contributed by atoms with van der Waals surface area (Å²) in [4.78, 5) is 38.3. The van der Waals surface area contributed by atoms with Crippen LogP contribution in [0, 0.1) is 0 Å². The number of rotatable bonds is 67. The van der Waals surface area contributed by atoms with E-state index in [1.165, 1.54) is 302 Å². The first-order chi connectivity index (χ1) is 39.0. The monoisotopic (exact) mass is 1110 g/mol. The Balaban J connectivity index is 4.07. The molecule has 0 bridgehead atoms. The molecule has 0 spiro atoms. The van der Waals surface area contributed by atoms with Crippen LogP contribution in [0.15, 0.2) is 24.3 Å². The Morgan fingerprint density at radius 1 is 0.241 bits per heavy atom. The third-order valence-electron chi connectivity index (χ3n) is 16.4. The van der Waals surface area contributed by atoms with Gasteiger partial charge in [0.1, 0.15) is 13.2 Å². The number of allylic oxidation sites excluding steroid dienone is 4. The highest BCUT2D eigenvalue weighted by atomic mass is 16.6. The lowest BCUT2D eigenvalue weighted by Crippen LogP contribution is -2.30. The fraction of sp³-hybridized carbons (Fsp3) is 0.904. The highest BCUT2D eigenvalue weighted by molar-refractivity contribution is 5.71. The third kappa shape index (κ3) is 66.6. The van der Waals surface area contributed by atoms with E-state index in [4.69, 9.17) is 14.2 Å². The molecule has 0 amide bonds. The van der Waals surface area contributed by atoms with E-state index in [1.54, 1.807) is 0 Å². The quantitative estimate of drug-likeness (QED) is 0.0261. The van der Waals surface area contributed by atoms with Crippen molar-refractivity contribution in [3.8, 4) is 0 Å². The van der Waals surface area contributed by atoms with E-state index in [-0.39, 0.29) is 31.1 Å². The zero-order valence-electron chi connectivity index (χ0n) is 53.7. The molecule has 466 valence electrons. The van der Waals surface area contributed by atoms with E-state index in [0.717, 1.165) is 64.2 Å². The lowest BCUT2D eigenvalue weighted by Gasteiger charge is -2.18. The summed E-state index contributed by atoms with van der Waals surface area (Å²) < 4.78 is 17.0. The van der Waals surface area contributed by atoms with Crippen molar-refractivity contribution in [1.29, 1.82) is 0 Å². The van der Waals surface area contributed by atoms with Gasteiger partial charge in [0, 0.05) is 19.3 Å². The van der Waals surface area contributed by atoms with Gasteiger partial charge in [-0.3, -0.25) is 14.4 Å². The SMILES string of the molecule is CCCCCCCCC/C=C\CCCCCCCC(=O)OC(COC(=O)CCCCCCCCCCCCCC)COC(=O)CCCCCCCCCCCCCCCCCCCCCCC/C=C\CCCCCCCCCC. The topological polar surface area (TPSA) is 78.9 Å². The van der Waals surface area contributed by atoms with Gasteiger partial charge in [-0.2, -0.15) is 0 Å². The summed E-state index contributed by atoms with van der Waals surface area (Å²) in [7, 11) is 0. The maximum atomic E-state index is 12.9. The molecule has 0 saturated heterocycles. The van der Waals surface area contributed by atoms with Crippen LogP contribution in [0.3, 0.4) is 0 Å². The average Bonchev–Trinajstić information content (AvgIpc) is 3.45. The zero-order valence-corrected chi connectivity index (χ0v) is 53.7. The highest BCUT2D eigenvalue weighted by Gasteiger charge is 2.19. The Morgan fingerprint density at radius 3 is 0.633 bits per heavy atom. The molecule has 0 aromatic carbocycles. The van der Waals surface area contributed by atoms with Crippen LogP contribution < -0.4 is 0 Å². The largest absolute Gasteiger partial charge is 0.462 e. The summed E-state index contributed by atoms with van der Waals surface area (Å²) >= 11 is 0. The van der Waals surface area contributed by atoms with Crippen LogP contribution >= 0.6 is 0 Å². The first kappa shape index (κ1) is 76.9. The lowest BCUT2D eigenvalue weighted by atomic mass is 10.0. The zero-order chi connectivity index (χ0) is 57.1. The van der Waals surface area contributed by atoms with E-state index in [1.807, 2.05) is 0 Å². The normalized spacial score (nSPS) is 12.1. The van der Waals surface area contributed by atoms with E-state index in [9.17, 15) is 14.4 Å². The molecular formula is C73H138O6. The van der Waals surface area contributed by atoms with Crippen LogP contribution in [-0.2, 0) is 28.6 Å². The first-order valence-electron chi connectivity index (χ1n) is 35.8. The second kappa shape index (κ2) is 68.4. The molecule has 0 aliphatic carbocycles. The Bertz CT molecular complexity index is 1270. The van der Waals surface area contributed by atoms with Gasteiger partial charge in [-0.15, -0.1) is 0 Å². The minimum absolute atomic E-state index is 0.0682. The van der Waals surface area contributed by atoms with Gasteiger partial charge in [0.15, 0.2) is 6.10 Å². The molecule has 1 unspecified atom stereocenters. The van der Waals surface area contributed by atoms with Crippen molar-refractivity contribution in [2.45, 2.75) is 412 Å². The van der Waals surface area contributed by atoms with Crippen molar-refractivity contribution < 1.29 is 28.6 Å². The number of hydrogen-bond acceptors (Lipinski definition) is 6. The van der Waals surface area contributed by atoms with Crippen molar-refractivity contribution in [1.82, 2.24) is 0 Å². The van der Waals surface area contributed by atoms with Crippen LogP contribution in [0.2, 0.25) is 0 Å². The molecule has 0 aliphatic heterocycles. The van der Waals surface area contributed by atoms with Gasteiger partial charge in [-0.05, 0) is 70.6 Å². The Hall–Kier alpha value is -2.11. The molecular weight excluding hydrogens is 973 g/mol. The lowest BCUT2D eigenvalue weighted by molar-refractivity contribution is -0.167. The minimum atomic E-state index is -0.771. The maximum Gasteiger partial charge on any atom is 0.306 e. The summed E-state index contributed by atoms with van der Waals surface area (Å²) in [6.07, 6.45) is 83.7. The molecule has 0 fully saturated rings. The molecule has 6 heteroatoms. The minimum Gasteiger partial charge on any atom is -0.462 e. The van der Waals surface area contributed by atoms with Crippen molar-refractivity contribution in [2.24, 2.45) is 0 Å². The van der Waals surface area contributed by atoms with Gasteiger partial charge in [0.2, 0.25) is 0 Å². The molecule has 0 aromatic rings. The maximum absolute atomic E-state index is 12.9. The van der Waals surface area contributed by atoms with Gasteiger partial charge in [-0.1, -0.05) is 340 Å². The number of unbranched alkanes of at least 4 members (excludes halogenated alkanes) is 52. The Kier molecular flexibility index (Phi) is 66.6. The van der Waals surface area contributed by atoms with E-state index in [0.29, 0.717) is 19.3 Å². The highest BCUT2D eigenvalue weighted by Crippen LogP contribution is 2.19. The van der Waals surface area contributed by atoms with Gasteiger partial charge in [0.25, 0.3) is 0 Å². The third-order valence-corrected chi connectivity index (χ3v) is 16.4. The number of carbonyl (C=O) groups is 3. The fourth-order valence-corrected chi connectivity index (χ4v) is 11.0. The van der Waals surface area contributed by atoms with Crippen molar-refractivity contribution in [2.75, 3.05) is 13.2 Å².